The Balaban J connectivity index is 1.97. The van der Waals surface area contributed by atoms with Crippen LogP contribution in [0.5, 0.6) is 0 Å². The number of benzene rings is 2. The second kappa shape index (κ2) is 8.65. The van der Waals surface area contributed by atoms with Gasteiger partial charge in [0.1, 0.15) is 5.82 Å². The second-order valence-corrected chi connectivity index (χ2v) is 6.65. The highest BCUT2D eigenvalue weighted by atomic mass is 16.2. The van der Waals surface area contributed by atoms with Crippen LogP contribution in [0.15, 0.2) is 65.5 Å². The first kappa shape index (κ1) is 19.5. The number of nitrogens with zero attached hydrogens (tertiary/aromatic N) is 3. The minimum Gasteiger partial charge on any atom is -0.332 e. The summed E-state index contributed by atoms with van der Waals surface area (Å²) >= 11 is 0. The summed E-state index contributed by atoms with van der Waals surface area (Å²) in [6.07, 6.45) is 4.02. The molecule has 2 aromatic carbocycles. The van der Waals surface area contributed by atoms with E-state index in [1.54, 1.807) is 34.7 Å². The Labute approximate surface area is 164 Å². The fourth-order valence-electron chi connectivity index (χ4n) is 3.38. The number of fused-ring (bicyclic) bond motifs is 1. The van der Waals surface area contributed by atoms with Crippen molar-refractivity contribution in [3.05, 3.63) is 82.4 Å². The van der Waals surface area contributed by atoms with E-state index in [-0.39, 0.29) is 17.5 Å². The second-order valence-electron chi connectivity index (χ2n) is 6.65. The fourth-order valence-corrected chi connectivity index (χ4v) is 3.38. The molecular formula is C23H25N3O2. The lowest BCUT2D eigenvalue weighted by Gasteiger charge is -2.28. The lowest BCUT2D eigenvalue weighted by atomic mass is 10.1. The first-order valence-corrected chi connectivity index (χ1v) is 9.56. The number of amides is 1. The maximum absolute atomic E-state index is 12.9. The van der Waals surface area contributed by atoms with E-state index in [1.807, 2.05) is 62.4 Å². The fraction of sp³-hybridized carbons (Fsp3) is 0.261. The van der Waals surface area contributed by atoms with Crippen LogP contribution >= 0.6 is 0 Å². The molecule has 0 bridgehead atoms. The van der Waals surface area contributed by atoms with E-state index < -0.39 is 0 Å². The SMILES string of the molecule is CCC(c1nc2ccccc2c(=O)n1CC)N(C)C(=O)/C=C/c1ccccc1. The van der Waals surface area contributed by atoms with Crippen molar-refractivity contribution < 1.29 is 4.79 Å². The van der Waals surface area contributed by atoms with Gasteiger partial charge in [0.2, 0.25) is 5.91 Å². The number of carbonyl (C=O) groups excluding carboxylic acids is 1. The first-order valence-electron chi connectivity index (χ1n) is 9.56. The molecular weight excluding hydrogens is 350 g/mol. The molecule has 1 aromatic heterocycles. The zero-order valence-electron chi connectivity index (χ0n) is 16.5. The third-order valence-corrected chi connectivity index (χ3v) is 4.93. The van der Waals surface area contributed by atoms with E-state index in [4.69, 9.17) is 4.98 Å². The molecule has 5 heteroatoms. The summed E-state index contributed by atoms with van der Waals surface area (Å²) < 4.78 is 1.67. The Morgan fingerprint density at radius 3 is 2.46 bits per heavy atom. The van der Waals surface area contributed by atoms with Crippen molar-refractivity contribution in [2.24, 2.45) is 0 Å². The third-order valence-electron chi connectivity index (χ3n) is 4.93. The summed E-state index contributed by atoms with van der Waals surface area (Å²) in [4.78, 5) is 32.1. The summed E-state index contributed by atoms with van der Waals surface area (Å²) in [5, 5.41) is 0.598. The largest absolute Gasteiger partial charge is 0.332 e. The van der Waals surface area contributed by atoms with E-state index in [1.165, 1.54) is 0 Å². The average molecular weight is 375 g/mol. The molecule has 1 atom stereocenters. The molecule has 0 aliphatic rings. The van der Waals surface area contributed by atoms with Crippen LogP contribution in [0.2, 0.25) is 0 Å². The number of likely N-dealkylation sites (N-methyl/N-ethyl adjacent to an activating group) is 1. The van der Waals surface area contributed by atoms with Crippen molar-refractivity contribution >= 4 is 22.9 Å². The molecule has 28 heavy (non-hydrogen) atoms. The zero-order valence-corrected chi connectivity index (χ0v) is 16.5. The molecule has 0 aliphatic carbocycles. The molecule has 1 amide bonds. The van der Waals surface area contributed by atoms with E-state index in [0.29, 0.717) is 29.7 Å². The summed E-state index contributed by atoms with van der Waals surface area (Å²) in [7, 11) is 1.76. The van der Waals surface area contributed by atoms with E-state index >= 15 is 0 Å². The topological polar surface area (TPSA) is 55.2 Å². The zero-order chi connectivity index (χ0) is 20.1. The van der Waals surface area contributed by atoms with Gasteiger partial charge in [-0.2, -0.15) is 0 Å². The molecule has 1 heterocycles. The summed E-state index contributed by atoms with van der Waals surface area (Å²) in [5.74, 6) is 0.499. The van der Waals surface area contributed by atoms with Gasteiger partial charge < -0.3 is 4.90 Å². The van der Waals surface area contributed by atoms with Gasteiger partial charge in [0.05, 0.1) is 16.9 Å². The van der Waals surface area contributed by atoms with Crippen molar-refractivity contribution in [1.82, 2.24) is 14.5 Å². The average Bonchev–Trinajstić information content (AvgIpc) is 2.73. The molecule has 0 saturated carbocycles. The van der Waals surface area contributed by atoms with Gasteiger partial charge in [0, 0.05) is 19.7 Å². The van der Waals surface area contributed by atoms with Crippen molar-refractivity contribution in [3.8, 4) is 0 Å². The Bertz CT molecular complexity index is 1050. The molecule has 0 fully saturated rings. The number of hydrogen-bond acceptors (Lipinski definition) is 3. The van der Waals surface area contributed by atoms with Crippen LogP contribution in [0.4, 0.5) is 0 Å². The van der Waals surface area contributed by atoms with Gasteiger partial charge in [0.25, 0.3) is 5.56 Å². The third kappa shape index (κ3) is 3.88. The minimum atomic E-state index is -0.287. The standard InChI is InChI=1S/C23H25N3O2/c1-4-20(25(3)21(27)16-15-17-11-7-6-8-12-17)22-24-19-14-10-9-13-18(19)23(28)26(22)5-2/h6-16,20H,4-5H2,1-3H3/b16-15+. The summed E-state index contributed by atoms with van der Waals surface area (Å²) in [6, 6.07) is 16.7. The lowest BCUT2D eigenvalue weighted by Crippen LogP contribution is -2.35. The molecule has 144 valence electrons. The Morgan fingerprint density at radius 1 is 1.11 bits per heavy atom. The molecule has 0 spiro atoms. The minimum absolute atomic E-state index is 0.0674. The van der Waals surface area contributed by atoms with Crippen molar-refractivity contribution in [3.63, 3.8) is 0 Å². The van der Waals surface area contributed by atoms with Crippen molar-refractivity contribution in [2.45, 2.75) is 32.9 Å². The van der Waals surface area contributed by atoms with Crippen LogP contribution in [0.1, 0.15) is 37.7 Å². The quantitative estimate of drug-likeness (QED) is 0.611. The monoisotopic (exact) mass is 375 g/mol. The van der Waals surface area contributed by atoms with Crippen LogP contribution in [0, 0.1) is 0 Å². The predicted octanol–water partition coefficient (Wildman–Crippen LogP) is 4.04. The van der Waals surface area contributed by atoms with Crippen LogP contribution in [-0.4, -0.2) is 27.4 Å². The van der Waals surface area contributed by atoms with E-state index in [9.17, 15) is 9.59 Å². The highest BCUT2D eigenvalue weighted by molar-refractivity contribution is 5.91. The predicted molar refractivity (Wildman–Crippen MR) is 113 cm³/mol. The van der Waals surface area contributed by atoms with Crippen molar-refractivity contribution in [2.75, 3.05) is 7.05 Å². The van der Waals surface area contributed by atoms with E-state index in [0.717, 1.165) is 5.56 Å². The molecule has 0 radical (unpaired) electrons. The molecule has 0 N–H and O–H groups in total. The van der Waals surface area contributed by atoms with Gasteiger partial charge in [-0.15, -0.1) is 0 Å². The lowest BCUT2D eigenvalue weighted by molar-refractivity contribution is -0.127. The highest BCUT2D eigenvalue weighted by Crippen LogP contribution is 2.23. The number of para-hydroxylation sites is 1. The number of carbonyl (C=O) groups is 1. The van der Waals surface area contributed by atoms with Gasteiger partial charge in [0.15, 0.2) is 0 Å². The van der Waals surface area contributed by atoms with Crippen LogP contribution in [0.25, 0.3) is 17.0 Å². The highest BCUT2D eigenvalue weighted by Gasteiger charge is 2.24. The van der Waals surface area contributed by atoms with Crippen LogP contribution in [0.3, 0.4) is 0 Å². The van der Waals surface area contributed by atoms with Crippen molar-refractivity contribution in [1.29, 1.82) is 0 Å². The maximum atomic E-state index is 12.9. The molecule has 5 nitrogen and oxygen atoms in total. The van der Waals surface area contributed by atoms with Crippen LogP contribution in [-0.2, 0) is 11.3 Å². The summed E-state index contributed by atoms with van der Waals surface area (Å²) in [5.41, 5.74) is 1.56. The molecule has 0 saturated heterocycles. The normalized spacial score (nSPS) is 12.4. The van der Waals surface area contributed by atoms with Gasteiger partial charge in [-0.25, -0.2) is 4.98 Å². The van der Waals surface area contributed by atoms with Gasteiger partial charge in [-0.1, -0.05) is 49.4 Å². The van der Waals surface area contributed by atoms with Gasteiger partial charge >= 0.3 is 0 Å². The number of aromatic nitrogens is 2. The number of rotatable bonds is 6. The number of hydrogen-bond donors (Lipinski definition) is 0. The summed E-state index contributed by atoms with van der Waals surface area (Å²) in [6.45, 7) is 4.42. The van der Waals surface area contributed by atoms with E-state index in [2.05, 4.69) is 0 Å². The molecule has 3 rings (SSSR count). The first-order chi connectivity index (χ1) is 13.6. The van der Waals surface area contributed by atoms with Gasteiger partial charge in [-0.3, -0.25) is 14.2 Å². The Hall–Kier alpha value is -3.21. The molecule has 0 aliphatic heterocycles. The maximum Gasteiger partial charge on any atom is 0.261 e. The molecule has 3 aromatic rings. The molecule has 1 unspecified atom stereocenters. The van der Waals surface area contributed by atoms with Crippen LogP contribution < -0.4 is 5.56 Å². The van der Waals surface area contributed by atoms with Gasteiger partial charge in [-0.05, 0) is 37.1 Å². The Kier molecular flexibility index (Phi) is 6.04. The Morgan fingerprint density at radius 2 is 1.79 bits per heavy atom. The smallest absolute Gasteiger partial charge is 0.261 e.